The summed E-state index contributed by atoms with van der Waals surface area (Å²) in [4.78, 5) is 0. The van der Waals surface area contributed by atoms with Gasteiger partial charge in [-0.2, -0.15) is 0 Å². The molecule has 0 spiro atoms. The summed E-state index contributed by atoms with van der Waals surface area (Å²) in [5, 5.41) is 0. The Labute approximate surface area is 94.6 Å². The van der Waals surface area contributed by atoms with E-state index < -0.39 is 0 Å². The third-order valence-electron chi connectivity index (χ3n) is 2.09. The minimum absolute atomic E-state index is 0.700. The van der Waals surface area contributed by atoms with E-state index >= 15 is 0 Å². The van der Waals surface area contributed by atoms with Crippen LogP contribution in [0, 0.1) is 12.8 Å². The lowest BCUT2D eigenvalue weighted by Crippen LogP contribution is -2.02. The second kappa shape index (κ2) is 5.40. The highest BCUT2D eigenvalue weighted by Gasteiger charge is 2.00. The van der Waals surface area contributed by atoms with Crippen molar-refractivity contribution in [2.24, 2.45) is 5.92 Å². The third kappa shape index (κ3) is 3.70. The van der Waals surface area contributed by atoms with Crippen LogP contribution in [0.1, 0.15) is 25.8 Å². The van der Waals surface area contributed by atoms with Gasteiger partial charge in [0.1, 0.15) is 5.75 Å². The molecule has 0 unspecified atom stereocenters. The van der Waals surface area contributed by atoms with E-state index in [1.54, 1.807) is 0 Å². The topological polar surface area (TPSA) is 9.23 Å². The zero-order valence-electron chi connectivity index (χ0n) is 9.01. The number of hydrogen-bond acceptors (Lipinski definition) is 1. The van der Waals surface area contributed by atoms with Crippen LogP contribution in [0.3, 0.4) is 0 Å². The summed E-state index contributed by atoms with van der Waals surface area (Å²) in [7, 11) is 0. The Hall–Kier alpha value is -0.500. The first kappa shape index (κ1) is 11.6. The molecule has 0 aliphatic carbocycles. The molecule has 0 saturated heterocycles. The van der Waals surface area contributed by atoms with Gasteiger partial charge >= 0.3 is 0 Å². The summed E-state index contributed by atoms with van der Waals surface area (Å²) >= 11 is 3.43. The lowest BCUT2D eigenvalue weighted by Gasteiger charge is -2.10. The van der Waals surface area contributed by atoms with Gasteiger partial charge in [-0.3, -0.25) is 0 Å². The van der Waals surface area contributed by atoms with Gasteiger partial charge < -0.3 is 4.74 Å². The van der Waals surface area contributed by atoms with E-state index in [0.717, 1.165) is 23.2 Å². The van der Waals surface area contributed by atoms with Crippen molar-refractivity contribution in [3.8, 4) is 5.75 Å². The van der Waals surface area contributed by atoms with Gasteiger partial charge in [0.05, 0.1) is 6.61 Å². The molecule has 2 heteroatoms. The van der Waals surface area contributed by atoms with Crippen LogP contribution < -0.4 is 4.74 Å². The van der Waals surface area contributed by atoms with Gasteiger partial charge in [0, 0.05) is 4.47 Å². The summed E-state index contributed by atoms with van der Waals surface area (Å²) < 4.78 is 6.78. The Morgan fingerprint density at radius 2 is 2.07 bits per heavy atom. The molecule has 0 fully saturated rings. The van der Waals surface area contributed by atoms with Crippen LogP contribution in [-0.4, -0.2) is 6.61 Å². The fourth-order valence-corrected chi connectivity index (χ4v) is 1.65. The van der Waals surface area contributed by atoms with Crippen molar-refractivity contribution < 1.29 is 4.74 Å². The molecule has 1 nitrogen and oxygen atoms in total. The zero-order valence-corrected chi connectivity index (χ0v) is 10.6. The molecule has 0 aromatic heterocycles. The molecule has 1 aromatic rings. The second-order valence-electron chi connectivity index (χ2n) is 3.94. The molecule has 0 bridgehead atoms. The summed E-state index contributed by atoms with van der Waals surface area (Å²) in [6.07, 6.45) is 1.11. The Balaban J connectivity index is 2.51. The van der Waals surface area contributed by atoms with Crippen molar-refractivity contribution in [3.63, 3.8) is 0 Å². The predicted molar refractivity (Wildman–Crippen MR) is 63.8 cm³/mol. The number of hydrogen-bond donors (Lipinski definition) is 0. The zero-order chi connectivity index (χ0) is 10.6. The van der Waals surface area contributed by atoms with Gasteiger partial charge in [-0.1, -0.05) is 29.8 Å². The van der Waals surface area contributed by atoms with Gasteiger partial charge in [-0.15, -0.1) is 0 Å². The number of ether oxygens (including phenoxy) is 1. The maximum atomic E-state index is 5.68. The molecular formula is C12H17BrO. The van der Waals surface area contributed by atoms with Crippen molar-refractivity contribution >= 4 is 15.9 Å². The fraction of sp³-hybridized carbons (Fsp3) is 0.500. The maximum absolute atomic E-state index is 5.68. The lowest BCUT2D eigenvalue weighted by atomic mass is 10.1. The molecule has 14 heavy (non-hydrogen) atoms. The number of rotatable bonds is 4. The van der Waals surface area contributed by atoms with Crippen molar-refractivity contribution in [1.82, 2.24) is 0 Å². The normalized spacial score (nSPS) is 10.6. The lowest BCUT2D eigenvalue weighted by molar-refractivity contribution is 0.288. The van der Waals surface area contributed by atoms with Crippen molar-refractivity contribution in [2.75, 3.05) is 6.61 Å². The van der Waals surface area contributed by atoms with Gasteiger partial charge in [0.15, 0.2) is 0 Å². The average molecular weight is 257 g/mol. The van der Waals surface area contributed by atoms with E-state index in [1.807, 2.05) is 12.1 Å². The number of benzene rings is 1. The maximum Gasteiger partial charge on any atom is 0.122 e. The minimum Gasteiger partial charge on any atom is -0.493 e. The van der Waals surface area contributed by atoms with E-state index in [9.17, 15) is 0 Å². The molecule has 0 heterocycles. The van der Waals surface area contributed by atoms with Crippen molar-refractivity contribution in [2.45, 2.75) is 27.2 Å². The summed E-state index contributed by atoms with van der Waals surface area (Å²) in [6.45, 7) is 7.28. The monoisotopic (exact) mass is 256 g/mol. The van der Waals surface area contributed by atoms with Gasteiger partial charge in [0.25, 0.3) is 0 Å². The molecule has 1 aromatic carbocycles. The fourth-order valence-electron chi connectivity index (χ4n) is 1.18. The number of aryl methyl sites for hydroxylation is 1. The van der Waals surface area contributed by atoms with Gasteiger partial charge in [-0.25, -0.2) is 0 Å². The Morgan fingerprint density at radius 1 is 1.36 bits per heavy atom. The first-order valence-corrected chi connectivity index (χ1v) is 5.78. The first-order chi connectivity index (χ1) is 6.59. The van der Waals surface area contributed by atoms with Crippen LogP contribution >= 0.6 is 15.9 Å². The van der Waals surface area contributed by atoms with Crippen LogP contribution in [0.15, 0.2) is 22.7 Å². The van der Waals surface area contributed by atoms with E-state index in [0.29, 0.717) is 5.92 Å². The predicted octanol–water partition coefficient (Wildman–Crippen LogP) is 4.18. The van der Waals surface area contributed by atoms with Gasteiger partial charge in [-0.05, 0) is 43.0 Å². The van der Waals surface area contributed by atoms with Gasteiger partial charge in [0.2, 0.25) is 0 Å². The highest BCUT2D eigenvalue weighted by Crippen LogP contribution is 2.22. The Morgan fingerprint density at radius 3 is 2.64 bits per heavy atom. The smallest absolute Gasteiger partial charge is 0.122 e. The van der Waals surface area contributed by atoms with Crippen LogP contribution in [0.25, 0.3) is 0 Å². The molecule has 0 aliphatic rings. The largest absolute Gasteiger partial charge is 0.493 e. The number of halogens is 1. The Bertz CT molecular complexity index is 294. The van der Waals surface area contributed by atoms with Crippen LogP contribution in [0.2, 0.25) is 0 Å². The van der Waals surface area contributed by atoms with E-state index in [1.165, 1.54) is 5.56 Å². The molecule has 78 valence electrons. The summed E-state index contributed by atoms with van der Waals surface area (Å²) in [5.41, 5.74) is 1.18. The standard InChI is InChI=1S/C12H17BrO/c1-9(2)6-7-14-12-5-4-11(13)8-10(12)3/h4-5,8-9H,6-7H2,1-3H3. The van der Waals surface area contributed by atoms with Crippen LogP contribution in [0.5, 0.6) is 5.75 Å². The summed E-state index contributed by atoms with van der Waals surface area (Å²) in [6, 6.07) is 6.10. The van der Waals surface area contributed by atoms with Crippen molar-refractivity contribution in [3.05, 3.63) is 28.2 Å². The minimum atomic E-state index is 0.700. The second-order valence-corrected chi connectivity index (χ2v) is 4.86. The van der Waals surface area contributed by atoms with Crippen LogP contribution in [0.4, 0.5) is 0 Å². The molecule has 0 atom stereocenters. The van der Waals surface area contributed by atoms with E-state index in [2.05, 4.69) is 42.8 Å². The molecule has 0 saturated carbocycles. The molecule has 0 amide bonds. The quantitative estimate of drug-likeness (QED) is 0.786. The molecule has 0 radical (unpaired) electrons. The molecule has 0 aliphatic heterocycles. The highest BCUT2D eigenvalue weighted by atomic mass is 79.9. The van der Waals surface area contributed by atoms with Crippen LogP contribution in [-0.2, 0) is 0 Å². The molecular weight excluding hydrogens is 240 g/mol. The Kier molecular flexibility index (Phi) is 4.46. The van der Waals surface area contributed by atoms with E-state index in [-0.39, 0.29) is 0 Å². The molecule has 0 N–H and O–H groups in total. The average Bonchev–Trinajstić information content (AvgIpc) is 2.08. The van der Waals surface area contributed by atoms with Crippen molar-refractivity contribution in [1.29, 1.82) is 0 Å². The third-order valence-corrected chi connectivity index (χ3v) is 2.58. The van der Waals surface area contributed by atoms with E-state index in [4.69, 9.17) is 4.74 Å². The molecule has 1 rings (SSSR count). The highest BCUT2D eigenvalue weighted by molar-refractivity contribution is 9.10. The first-order valence-electron chi connectivity index (χ1n) is 4.98. The SMILES string of the molecule is Cc1cc(Br)ccc1OCCC(C)C. The summed E-state index contributed by atoms with van der Waals surface area (Å²) in [5.74, 6) is 1.69.